The number of para-hydroxylation sites is 1. The molecular weight excluding hydrogens is 374 g/mol. The molecule has 0 spiro atoms. The van der Waals surface area contributed by atoms with Gasteiger partial charge in [0.2, 0.25) is 0 Å². The second kappa shape index (κ2) is 7.95. The van der Waals surface area contributed by atoms with Crippen molar-refractivity contribution < 1.29 is 14.6 Å². The van der Waals surface area contributed by atoms with E-state index >= 15 is 0 Å². The Bertz CT molecular complexity index is 990. The van der Waals surface area contributed by atoms with E-state index in [4.69, 9.17) is 16.3 Å². The van der Waals surface area contributed by atoms with Crippen LogP contribution in [0, 0.1) is 0 Å². The molecule has 1 aliphatic heterocycles. The number of ether oxygens (including phenoxy) is 1. The molecule has 0 aliphatic carbocycles. The summed E-state index contributed by atoms with van der Waals surface area (Å²) in [6.07, 6.45) is -0.125. The molecular formula is C23H20ClNO3. The van der Waals surface area contributed by atoms with Crippen LogP contribution in [0.2, 0.25) is 5.02 Å². The largest absolute Gasteiger partial charge is 0.487 e. The molecule has 28 heavy (non-hydrogen) atoms. The molecule has 0 saturated heterocycles. The van der Waals surface area contributed by atoms with Crippen molar-refractivity contribution in [3.63, 3.8) is 0 Å². The van der Waals surface area contributed by atoms with Crippen LogP contribution in [-0.4, -0.2) is 23.3 Å². The predicted molar refractivity (Wildman–Crippen MR) is 110 cm³/mol. The number of carbonyl (C=O) groups is 1. The van der Waals surface area contributed by atoms with E-state index in [2.05, 4.69) is 5.32 Å². The first-order chi connectivity index (χ1) is 13.6. The zero-order chi connectivity index (χ0) is 19.5. The van der Waals surface area contributed by atoms with Crippen LogP contribution in [0.3, 0.4) is 0 Å². The van der Waals surface area contributed by atoms with Crippen molar-refractivity contribution >= 4 is 17.7 Å². The minimum atomic E-state index is -1.05. The van der Waals surface area contributed by atoms with Crippen LogP contribution in [0.5, 0.6) is 5.75 Å². The molecule has 3 aromatic rings. The van der Waals surface area contributed by atoms with E-state index in [9.17, 15) is 9.90 Å². The summed E-state index contributed by atoms with van der Waals surface area (Å²) in [5, 5.41) is 12.6. The molecule has 1 aliphatic rings. The van der Waals surface area contributed by atoms with E-state index in [1.807, 2.05) is 72.8 Å². The van der Waals surface area contributed by atoms with Crippen molar-refractivity contribution in [2.75, 3.05) is 0 Å². The summed E-state index contributed by atoms with van der Waals surface area (Å²) in [6.45, 7) is 0. The predicted octanol–water partition coefficient (Wildman–Crippen LogP) is 5.19. The van der Waals surface area contributed by atoms with Gasteiger partial charge in [0.15, 0.2) is 0 Å². The van der Waals surface area contributed by atoms with Crippen LogP contribution in [-0.2, 0) is 12.8 Å². The van der Waals surface area contributed by atoms with Crippen molar-refractivity contribution in [3.8, 4) is 16.9 Å². The maximum atomic E-state index is 11.4. The fourth-order valence-corrected chi connectivity index (χ4v) is 3.95. The Labute approximate surface area is 168 Å². The van der Waals surface area contributed by atoms with Crippen LogP contribution < -0.4 is 10.1 Å². The number of amides is 1. The van der Waals surface area contributed by atoms with Gasteiger partial charge in [-0.05, 0) is 23.6 Å². The third-order valence-corrected chi connectivity index (χ3v) is 5.34. The van der Waals surface area contributed by atoms with Crippen molar-refractivity contribution in [2.45, 2.75) is 25.0 Å². The minimum Gasteiger partial charge on any atom is -0.487 e. The fraction of sp³-hybridized carbons (Fsp3) is 0.174. The summed E-state index contributed by atoms with van der Waals surface area (Å²) in [5.41, 5.74) is 3.96. The van der Waals surface area contributed by atoms with Crippen LogP contribution >= 0.6 is 11.6 Å². The topological polar surface area (TPSA) is 58.6 Å². The Hall–Kier alpha value is -2.98. The summed E-state index contributed by atoms with van der Waals surface area (Å²) in [4.78, 5) is 11.4. The normalized spacial score (nSPS) is 16.1. The van der Waals surface area contributed by atoms with Gasteiger partial charge in [0.05, 0.1) is 6.04 Å². The third-order valence-electron chi connectivity index (χ3n) is 5.01. The second-order valence-electron chi connectivity index (χ2n) is 6.88. The molecule has 4 nitrogen and oxygen atoms in total. The highest BCUT2D eigenvalue weighted by atomic mass is 35.5. The highest BCUT2D eigenvalue weighted by Gasteiger charge is 2.33. The first-order valence-corrected chi connectivity index (χ1v) is 9.56. The van der Waals surface area contributed by atoms with Gasteiger partial charge in [0, 0.05) is 22.6 Å². The van der Waals surface area contributed by atoms with Crippen molar-refractivity contribution in [1.29, 1.82) is 0 Å². The van der Waals surface area contributed by atoms with Gasteiger partial charge in [-0.25, -0.2) is 4.79 Å². The quantitative estimate of drug-likeness (QED) is 0.627. The van der Waals surface area contributed by atoms with Gasteiger partial charge in [0.1, 0.15) is 11.9 Å². The van der Waals surface area contributed by atoms with Gasteiger partial charge in [0.25, 0.3) is 0 Å². The Kier molecular flexibility index (Phi) is 5.22. The Morgan fingerprint density at radius 2 is 1.75 bits per heavy atom. The van der Waals surface area contributed by atoms with Crippen molar-refractivity contribution in [1.82, 2.24) is 5.32 Å². The molecule has 0 bridgehead atoms. The van der Waals surface area contributed by atoms with E-state index in [0.717, 1.165) is 28.0 Å². The second-order valence-corrected chi connectivity index (χ2v) is 7.29. The highest BCUT2D eigenvalue weighted by molar-refractivity contribution is 6.33. The first-order valence-electron chi connectivity index (χ1n) is 9.18. The molecule has 2 atom stereocenters. The SMILES string of the molecule is O=C(O)NC(Cc1ccccc1)C1Cc2cccc(-c3ccccc3Cl)c2O1. The standard InChI is InChI=1S/C23H20ClNO3/c24-19-12-5-4-10-17(19)18-11-6-9-16-14-21(28-22(16)18)20(25-23(26)27)13-15-7-2-1-3-8-15/h1-12,20-21,25H,13-14H2,(H,26,27). The Morgan fingerprint density at radius 3 is 2.50 bits per heavy atom. The number of benzene rings is 3. The van der Waals surface area contributed by atoms with E-state index < -0.39 is 6.09 Å². The lowest BCUT2D eigenvalue weighted by atomic mass is 9.96. The van der Waals surface area contributed by atoms with E-state index in [-0.39, 0.29) is 12.1 Å². The Balaban J connectivity index is 1.63. The van der Waals surface area contributed by atoms with Crippen LogP contribution in [0.25, 0.3) is 11.1 Å². The first kappa shape index (κ1) is 18.4. The molecule has 0 saturated carbocycles. The summed E-state index contributed by atoms with van der Waals surface area (Å²) >= 11 is 6.39. The lowest BCUT2D eigenvalue weighted by Gasteiger charge is -2.24. The molecule has 2 unspecified atom stereocenters. The van der Waals surface area contributed by atoms with E-state index in [0.29, 0.717) is 17.9 Å². The molecule has 0 aromatic heterocycles. The molecule has 0 fully saturated rings. The van der Waals surface area contributed by atoms with Gasteiger partial charge in [-0.15, -0.1) is 0 Å². The average Bonchev–Trinajstić information content (AvgIpc) is 3.13. The van der Waals surface area contributed by atoms with Gasteiger partial charge in [-0.3, -0.25) is 0 Å². The van der Waals surface area contributed by atoms with Gasteiger partial charge >= 0.3 is 6.09 Å². The highest BCUT2D eigenvalue weighted by Crippen LogP contribution is 2.41. The molecule has 1 amide bonds. The van der Waals surface area contributed by atoms with Crippen LogP contribution in [0.15, 0.2) is 72.8 Å². The molecule has 5 heteroatoms. The smallest absolute Gasteiger partial charge is 0.405 e. The van der Waals surface area contributed by atoms with Gasteiger partial charge in [-0.1, -0.05) is 78.3 Å². The van der Waals surface area contributed by atoms with Gasteiger partial charge < -0.3 is 15.2 Å². The summed E-state index contributed by atoms with van der Waals surface area (Å²) in [7, 11) is 0. The van der Waals surface area contributed by atoms with E-state index in [1.54, 1.807) is 0 Å². The minimum absolute atomic E-state index is 0.282. The molecule has 1 heterocycles. The maximum Gasteiger partial charge on any atom is 0.405 e. The number of rotatable bonds is 5. The average molecular weight is 394 g/mol. The molecule has 0 radical (unpaired) electrons. The molecule has 4 rings (SSSR count). The third kappa shape index (κ3) is 3.82. The molecule has 3 aromatic carbocycles. The summed E-state index contributed by atoms with van der Waals surface area (Å²) in [6, 6.07) is 23.1. The number of halogens is 1. The summed E-state index contributed by atoms with van der Waals surface area (Å²) < 4.78 is 6.30. The van der Waals surface area contributed by atoms with Crippen molar-refractivity contribution in [3.05, 3.63) is 88.9 Å². The molecule has 2 N–H and O–H groups in total. The lowest BCUT2D eigenvalue weighted by Crippen LogP contribution is -2.46. The molecule has 142 valence electrons. The lowest BCUT2D eigenvalue weighted by molar-refractivity contribution is 0.154. The van der Waals surface area contributed by atoms with E-state index in [1.165, 1.54) is 0 Å². The number of hydrogen-bond donors (Lipinski definition) is 2. The van der Waals surface area contributed by atoms with Crippen LogP contribution in [0.4, 0.5) is 4.79 Å². The summed E-state index contributed by atoms with van der Waals surface area (Å²) in [5.74, 6) is 0.783. The maximum absolute atomic E-state index is 11.4. The number of nitrogens with one attached hydrogen (secondary N) is 1. The van der Waals surface area contributed by atoms with Crippen LogP contribution in [0.1, 0.15) is 11.1 Å². The van der Waals surface area contributed by atoms with Crippen molar-refractivity contribution in [2.24, 2.45) is 0 Å². The number of fused-ring (bicyclic) bond motifs is 1. The number of hydrogen-bond acceptors (Lipinski definition) is 2. The monoisotopic (exact) mass is 393 g/mol. The number of carboxylic acid groups (broad SMARTS) is 1. The van der Waals surface area contributed by atoms with Gasteiger partial charge in [-0.2, -0.15) is 0 Å². The Morgan fingerprint density at radius 1 is 1.04 bits per heavy atom. The zero-order valence-corrected chi connectivity index (χ0v) is 15.9. The fourth-order valence-electron chi connectivity index (χ4n) is 3.71. The zero-order valence-electron chi connectivity index (χ0n) is 15.1.